The van der Waals surface area contributed by atoms with Crippen LogP contribution in [0.15, 0.2) is 54.6 Å². The predicted octanol–water partition coefficient (Wildman–Crippen LogP) is 5.78. The Morgan fingerprint density at radius 2 is 1.69 bits per heavy atom. The van der Waals surface area contributed by atoms with E-state index in [0.717, 1.165) is 27.5 Å². The standard InChI is InChI=1S/C21H18FN3S/c1-13-14(2)26-21-19(13)20(23-17-10-8-16(22)9-11-17)24-18(25-21)12-15-6-4-3-5-7-15/h3-11H,12H2,1-2H3,(H,23,24,25). The highest BCUT2D eigenvalue weighted by atomic mass is 32.1. The largest absolute Gasteiger partial charge is 0.340 e. The Balaban J connectivity index is 1.79. The maximum Gasteiger partial charge on any atom is 0.143 e. The summed E-state index contributed by atoms with van der Waals surface area (Å²) < 4.78 is 13.2. The summed E-state index contributed by atoms with van der Waals surface area (Å²) in [6, 6.07) is 16.5. The lowest BCUT2D eigenvalue weighted by molar-refractivity contribution is 0.628. The number of nitrogens with zero attached hydrogens (tertiary/aromatic N) is 2. The summed E-state index contributed by atoms with van der Waals surface area (Å²) in [7, 11) is 0. The molecule has 0 bridgehead atoms. The summed E-state index contributed by atoms with van der Waals surface area (Å²) in [5, 5.41) is 4.38. The van der Waals surface area contributed by atoms with Crippen LogP contribution in [0.5, 0.6) is 0 Å². The Morgan fingerprint density at radius 3 is 2.42 bits per heavy atom. The number of anilines is 2. The van der Waals surface area contributed by atoms with E-state index in [1.807, 2.05) is 18.2 Å². The predicted molar refractivity (Wildman–Crippen MR) is 106 cm³/mol. The molecule has 0 aliphatic heterocycles. The Kier molecular flexibility index (Phi) is 4.39. The third-order valence-corrected chi connectivity index (χ3v) is 5.49. The molecular weight excluding hydrogens is 345 g/mol. The molecule has 3 nitrogen and oxygen atoms in total. The van der Waals surface area contributed by atoms with E-state index in [9.17, 15) is 4.39 Å². The zero-order chi connectivity index (χ0) is 18.1. The van der Waals surface area contributed by atoms with E-state index in [2.05, 4.69) is 31.3 Å². The van der Waals surface area contributed by atoms with E-state index in [-0.39, 0.29) is 5.82 Å². The number of thiophene rings is 1. The van der Waals surface area contributed by atoms with Crippen LogP contribution in [-0.4, -0.2) is 9.97 Å². The monoisotopic (exact) mass is 363 g/mol. The van der Waals surface area contributed by atoms with Crippen molar-refractivity contribution in [3.8, 4) is 0 Å². The van der Waals surface area contributed by atoms with Gasteiger partial charge in [-0.1, -0.05) is 30.3 Å². The van der Waals surface area contributed by atoms with E-state index in [1.165, 1.54) is 28.1 Å². The van der Waals surface area contributed by atoms with Crippen LogP contribution in [0.1, 0.15) is 21.8 Å². The van der Waals surface area contributed by atoms with Crippen LogP contribution in [-0.2, 0) is 6.42 Å². The number of nitrogens with one attached hydrogen (secondary N) is 1. The molecule has 5 heteroatoms. The van der Waals surface area contributed by atoms with E-state index in [0.29, 0.717) is 6.42 Å². The molecule has 0 fully saturated rings. The minimum atomic E-state index is -0.254. The number of aryl methyl sites for hydroxylation is 2. The first-order valence-electron chi connectivity index (χ1n) is 8.43. The topological polar surface area (TPSA) is 37.8 Å². The van der Waals surface area contributed by atoms with E-state index < -0.39 is 0 Å². The van der Waals surface area contributed by atoms with E-state index in [1.54, 1.807) is 23.5 Å². The van der Waals surface area contributed by atoms with Crippen molar-refractivity contribution < 1.29 is 4.39 Å². The number of fused-ring (bicyclic) bond motifs is 1. The van der Waals surface area contributed by atoms with Gasteiger partial charge in [0.05, 0.1) is 5.39 Å². The molecule has 0 atom stereocenters. The number of rotatable bonds is 4. The lowest BCUT2D eigenvalue weighted by Gasteiger charge is -2.10. The van der Waals surface area contributed by atoms with Gasteiger partial charge in [0.2, 0.25) is 0 Å². The minimum absolute atomic E-state index is 0.254. The fraction of sp³-hybridized carbons (Fsp3) is 0.143. The van der Waals surface area contributed by atoms with Crippen molar-refractivity contribution >= 4 is 33.1 Å². The van der Waals surface area contributed by atoms with Crippen molar-refractivity contribution in [1.82, 2.24) is 9.97 Å². The van der Waals surface area contributed by atoms with Gasteiger partial charge in [-0.2, -0.15) is 0 Å². The zero-order valence-corrected chi connectivity index (χ0v) is 15.4. The third-order valence-electron chi connectivity index (χ3n) is 4.39. The maximum absolute atomic E-state index is 13.2. The molecule has 130 valence electrons. The van der Waals surface area contributed by atoms with Crippen molar-refractivity contribution in [2.24, 2.45) is 0 Å². The summed E-state index contributed by atoms with van der Waals surface area (Å²) in [5.74, 6) is 1.29. The highest BCUT2D eigenvalue weighted by molar-refractivity contribution is 7.18. The normalized spacial score (nSPS) is 11.0. The van der Waals surface area contributed by atoms with Crippen LogP contribution < -0.4 is 5.32 Å². The van der Waals surface area contributed by atoms with Gasteiger partial charge in [-0.25, -0.2) is 14.4 Å². The summed E-state index contributed by atoms with van der Waals surface area (Å²) in [6.07, 6.45) is 0.672. The van der Waals surface area contributed by atoms with Gasteiger partial charge < -0.3 is 5.32 Å². The van der Waals surface area contributed by atoms with Crippen molar-refractivity contribution in [2.75, 3.05) is 5.32 Å². The van der Waals surface area contributed by atoms with Gasteiger partial charge in [0, 0.05) is 17.0 Å². The van der Waals surface area contributed by atoms with Gasteiger partial charge in [-0.3, -0.25) is 0 Å². The molecule has 1 N–H and O–H groups in total. The molecule has 2 heterocycles. The quantitative estimate of drug-likeness (QED) is 0.499. The fourth-order valence-corrected chi connectivity index (χ4v) is 3.96. The van der Waals surface area contributed by atoms with Gasteiger partial charge in [0.15, 0.2) is 0 Å². The second-order valence-electron chi connectivity index (χ2n) is 6.25. The lowest BCUT2D eigenvalue weighted by atomic mass is 10.1. The number of hydrogen-bond acceptors (Lipinski definition) is 4. The summed E-state index contributed by atoms with van der Waals surface area (Å²) in [4.78, 5) is 11.8. The van der Waals surface area contributed by atoms with Crippen molar-refractivity contribution in [2.45, 2.75) is 20.3 Å². The van der Waals surface area contributed by atoms with Crippen LogP contribution >= 0.6 is 11.3 Å². The number of aromatic nitrogens is 2. The molecule has 0 spiro atoms. The van der Waals surface area contributed by atoms with Crippen LogP contribution in [0.25, 0.3) is 10.2 Å². The van der Waals surface area contributed by atoms with Gasteiger partial charge >= 0.3 is 0 Å². The lowest BCUT2D eigenvalue weighted by Crippen LogP contribution is -2.02. The number of halogens is 1. The molecule has 4 aromatic rings. The Hall–Kier alpha value is -2.79. The number of benzene rings is 2. The van der Waals surface area contributed by atoms with Crippen LogP contribution in [0, 0.1) is 19.7 Å². The van der Waals surface area contributed by atoms with Gasteiger partial charge in [0.1, 0.15) is 22.3 Å². The maximum atomic E-state index is 13.2. The number of hydrogen-bond donors (Lipinski definition) is 1. The molecule has 0 amide bonds. The summed E-state index contributed by atoms with van der Waals surface area (Å²) in [6.45, 7) is 4.18. The molecule has 0 aliphatic carbocycles. The van der Waals surface area contributed by atoms with Crippen LogP contribution in [0.4, 0.5) is 15.9 Å². The Labute approximate surface area is 155 Å². The van der Waals surface area contributed by atoms with Gasteiger partial charge in [-0.05, 0) is 49.2 Å². The second kappa shape index (κ2) is 6.84. The van der Waals surface area contributed by atoms with Crippen molar-refractivity contribution in [3.63, 3.8) is 0 Å². The molecule has 0 radical (unpaired) electrons. The first-order chi connectivity index (χ1) is 12.6. The average molecular weight is 363 g/mol. The summed E-state index contributed by atoms with van der Waals surface area (Å²) >= 11 is 1.68. The minimum Gasteiger partial charge on any atom is -0.340 e. The smallest absolute Gasteiger partial charge is 0.143 e. The third kappa shape index (κ3) is 3.30. The van der Waals surface area contributed by atoms with Crippen molar-refractivity contribution in [1.29, 1.82) is 0 Å². The molecule has 4 rings (SSSR count). The van der Waals surface area contributed by atoms with E-state index in [4.69, 9.17) is 9.97 Å². The van der Waals surface area contributed by atoms with E-state index >= 15 is 0 Å². The molecule has 0 unspecified atom stereocenters. The molecular formula is C21H18FN3S. The van der Waals surface area contributed by atoms with Crippen LogP contribution in [0.3, 0.4) is 0 Å². The SMILES string of the molecule is Cc1sc2nc(Cc3ccccc3)nc(Nc3ccc(F)cc3)c2c1C. The molecule has 2 aromatic carbocycles. The van der Waals surface area contributed by atoms with Gasteiger partial charge in [0.25, 0.3) is 0 Å². The van der Waals surface area contributed by atoms with Crippen LogP contribution in [0.2, 0.25) is 0 Å². The summed E-state index contributed by atoms with van der Waals surface area (Å²) in [5.41, 5.74) is 3.16. The molecule has 26 heavy (non-hydrogen) atoms. The first kappa shape index (κ1) is 16.7. The van der Waals surface area contributed by atoms with Gasteiger partial charge in [-0.15, -0.1) is 11.3 Å². The van der Waals surface area contributed by atoms with Crippen molar-refractivity contribution in [3.05, 3.63) is 82.2 Å². The highest BCUT2D eigenvalue weighted by Gasteiger charge is 2.15. The molecule has 0 saturated heterocycles. The first-order valence-corrected chi connectivity index (χ1v) is 9.25. The molecule has 2 aromatic heterocycles. The highest BCUT2D eigenvalue weighted by Crippen LogP contribution is 2.34. The molecule has 0 aliphatic rings. The fourth-order valence-electron chi connectivity index (χ4n) is 2.91. The Morgan fingerprint density at radius 1 is 0.962 bits per heavy atom. The average Bonchev–Trinajstić information content (AvgIpc) is 2.92. The molecule has 0 saturated carbocycles. The zero-order valence-electron chi connectivity index (χ0n) is 14.6. The Bertz CT molecular complexity index is 1060. The second-order valence-corrected chi connectivity index (χ2v) is 7.45.